The molecule has 1 heterocycles. The van der Waals surface area contributed by atoms with Gasteiger partial charge in [-0.15, -0.1) is 11.6 Å². The van der Waals surface area contributed by atoms with Gasteiger partial charge in [0.1, 0.15) is 5.75 Å². The van der Waals surface area contributed by atoms with Gasteiger partial charge < -0.3 is 20.7 Å². The number of rotatable bonds is 3. The van der Waals surface area contributed by atoms with Crippen molar-refractivity contribution in [3.05, 3.63) is 57.6 Å². The third kappa shape index (κ3) is 4.45. The number of amides is 1. The predicted molar refractivity (Wildman–Crippen MR) is 118 cm³/mol. The van der Waals surface area contributed by atoms with E-state index in [0.29, 0.717) is 21.5 Å². The van der Waals surface area contributed by atoms with E-state index >= 15 is 0 Å². The number of carbonyl (C=O) groups excluding carboxylic acids is 1. The van der Waals surface area contributed by atoms with E-state index in [0.717, 1.165) is 25.9 Å². The number of allylic oxidation sites excluding steroid dienone is 6. The van der Waals surface area contributed by atoms with Crippen molar-refractivity contribution < 1.29 is 9.53 Å². The Bertz CT molecular complexity index is 822. The van der Waals surface area contributed by atoms with E-state index in [1.54, 1.807) is 24.1 Å². The van der Waals surface area contributed by atoms with Gasteiger partial charge in [0.05, 0.1) is 18.1 Å². The summed E-state index contributed by atoms with van der Waals surface area (Å²) >= 11 is 9.24. The zero-order valence-electron chi connectivity index (χ0n) is 16.0. The van der Waals surface area contributed by atoms with Gasteiger partial charge in [0.2, 0.25) is 0 Å². The summed E-state index contributed by atoms with van der Waals surface area (Å²) in [4.78, 5) is 14.5. The number of nitrogen functional groups attached to an aromatic ring is 1. The molecule has 1 aromatic carbocycles. The number of halogens is 2. The molecule has 0 saturated carbocycles. The lowest BCUT2D eigenvalue weighted by molar-refractivity contribution is 0.0700. The summed E-state index contributed by atoms with van der Waals surface area (Å²) in [7, 11) is 3.39. The van der Waals surface area contributed by atoms with Gasteiger partial charge in [-0.1, -0.05) is 24.3 Å². The average Bonchev–Trinajstić information content (AvgIpc) is 3.26. The van der Waals surface area contributed by atoms with E-state index in [2.05, 4.69) is 45.6 Å². The largest absolute Gasteiger partial charge is 0.496 e. The zero-order chi connectivity index (χ0) is 20.3. The Morgan fingerprint density at radius 2 is 1.86 bits per heavy atom. The van der Waals surface area contributed by atoms with Crippen molar-refractivity contribution in [3.63, 3.8) is 0 Å². The van der Waals surface area contributed by atoms with Crippen LogP contribution in [0.2, 0.25) is 0 Å². The first kappa shape index (κ1) is 21.0. The van der Waals surface area contributed by atoms with Crippen LogP contribution >= 0.6 is 27.5 Å². The SMILES string of the molecule is COc1cc(N)c(Br)cc1C(=O)N(C)C1CCNCC1.ClC1C2=CC=C1C=C2. The van der Waals surface area contributed by atoms with Gasteiger partial charge in [-0.2, -0.15) is 0 Å². The molecular formula is C21H25BrClN3O2. The number of benzene rings is 1. The topological polar surface area (TPSA) is 67.6 Å². The monoisotopic (exact) mass is 465 g/mol. The molecule has 1 saturated heterocycles. The summed E-state index contributed by atoms with van der Waals surface area (Å²) in [5.74, 6) is 0.478. The van der Waals surface area contributed by atoms with E-state index in [1.807, 2.05) is 7.05 Å². The number of hydrogen-bond donors (Lipinski definition) is 2. The Morgan fingerprint density at radius 3 is 2.32 bits per heavy atom. The fraction of sp³-hybridized carbons (Fsp3) is 0.381. The van der Waals surface area contributed by atoms with Crippen LogP contribution in [0, 0.1) is 0 Å². The van der Waals surface area contributed by atoms with Crippen LogP contribution in [0.4, 0.5) is 5.69 Å². The normalized spacial score (nSPS) is 18.3. The molecule has 0 spiro atoms. The van der Waals surface area contributed by atoms with Gasteiger partial charge in [-0.05, 0) is 59.1 Å². The molecule has 1 aliphatic heterocycles. The van der Waals surface area contributed by atoms with Crippen LogP contribution < -0.4 is 15.8 Å². The molecule has 3 aliphatic rings. The highest BCUT2D eigenvalue weighted by Gasteiger charge is 2.25. The molecule has 2 bridgehead atoms. The summed E-state index contributed by atoms with van der Waals surface area (Å²) in [6.45, 7) is 1.90. The van der Waals surface area contributed by atoms with Crippen LogP contribution in [0.5, 0.6) is 5.75 Å². The summed E-state index contributed by atoms with van der Waals surface area (Å²) in [5.41, 5.74) is 9.39. The van der Waals surface area contributed by atoms with Gasteiger partial charge in [0.25, 0.3) is 5.91 Å². The van der Waals surface area contributed by atoms with Crippen molar-refractivity contribution in [2.75, 3.05) is 33.0 Å². The third-order valence-corrected chi connectivity index (χ3v) is 6.44. The molecule has 0 aromatic heterocycles. The number of nitrogens with one attached hydrogen (secondary N) is 1. The second kappa shape index (κ2) is 9.16. The number of methoxy groups -OCH3 is 1. The Hall–Kier alpha value is -1.76. The molecular weight excluding hydrogens is 442 g/mol. The molecule has 28 heavy (non-hydrogen) atoms. The number of nitrogens with two attached hydrogens (primary N) is 1. The van der Waals surface area contributed by atoms with Crippen molar-refractivity contribution in [1.82, 2.24) is 10.2 Å². The van der Waals surface area contributed by atoms with Gasteiger partial charge in [-0.25, -0.2) is 0 Å². The highest BCUT2D eigenvalue weighted by atomic mass is 79.9. The van der Waals surface area contributed by atoms with Crippen molar-refractivity contribution in [2.24, 2.45) is 0 Å². The molecule has 0 unspecified atom stereocenters. The number of carbonyl (C=O) groups is 1. The van der Waals surface area contributed by atoms with Gasteiger partial charge >= 0.3 is 0 Å². The van der Waals surface area contributed by atoms with E-state index < -0.39 is 0 Å². The number of nitrogens with zero attached hydrogens (tertiary/aromatic N) is 1. The molecule has 3 N–H and O–H groups in total. The van der Waals surface area contributed by atoms with Crippen LogP contribution in [0.15, 0.2) is 52.1 Å². The first-order valence-electron chi connectivity index (χ1n) is 9.27. The summed E-state index contributed by atoms with van der Waals surface area (Å²) in [6.07, 6.45) is 10.2. The summed E-state index contributed by atoms with van der Waals surface area (Å²) in [5, 5.41) is 3.48. The summed E-state index contributed by atoms with van der Waals surface area (Å²) in [6, 6.07) is 3.67. The number of alkyl halides is 1. The highest BCUT2D eigenvalue weighted by Crippen LogP contribution is 2.33. The van der Waals surface area contributed by atoms with Crippen LogP contribution in [0.1, 0.15) is 23.2 Å². The maximum absolute atomic E-state index is 12.7. The smallest absolute Gasteiger partial charge is 0.257 e. The van der Waals surface area contributed by atoms with E-state index in [4.69, 9.17) is 22.1 Å². The maximum Gasteiger partial charge on any atom is 0.257 e. The number of ether oxygens (including phenoxy) is 1. The molecule has 7 heteroatoms. The fourth-order valence-corrected chi connectivity index (χ4v) is 4.12. The fourth-order valence-electron chi connectivity index (χ4n) is 3.48. The molecule has 0 radical (unpaired) electrons. The molecule has 1 amide bonds. The highest BCUT2D eigenvalue weighted by molar-refractivity contribution is 9.10. The number of piperidine rings is 1. The minimum atomic E-state index is -0.0329. The average molecular weight is 467 g/mol. The predicted octanol–water partition coefficient (Wildman–Crippen LogP) is 3.89. The Labute approximate surface area is 179 Å². The molecule has 4 rings (SSSR count). The second-order valence-corrected chi connectivity index (χ2v) is 8.29. The Balaban J connectivity index is 0.000000231. The van der Waals surface area contributed by atoms with Gasteiger partial charge in [0.15, 0.2) is 0 Å². The van der Waals surface area contributed by atoms with E-state index in [9.17, 15) is 4.79 Å². The van der Waals surface area contributed by atoms with E-state index in [1.165, 1.54) is 11.1 Å². The molecule has 1 aromatic rings. The van der Waals surface area contributed by atoms with Crippen LogP contribution in [-0.4, -0.2) is 49.5 Å². The third-order valence-electron chi connectivity index (χ3n) is 5.25. The minimum Gasteiger partial charge on any atom is -0.496 e. The van der Waals surface area contributed by atoms with Crippen molar-refractivity contribution >= 4 is 39.1 Å². The lowest BCUT2D eigenvalue weighted by Crippen LogP contribution is -2.44. The minimum absolute atomic E-state index is 0.0329. The quantitative estimate of drug-likeness (QED) is 0.524. The first-order chi connectivity index (χ1) is 13.4. The standard InChI is InChI=1S/C14H20BrN3O2.C7H5Cl/c1-18(9-3-5-17-6-4-9)14(19)10-7-11(15)12(16)8-13(10)20-2;8-7-5-1-2-6(7)4-3-5/h7-9,17H,3-6,16H2,1-2H3;1-4,7H. The van der Waals surface area contributed by atoms with Crippen LogP contribution in [-0.2, 0) is 0 Å². The van der Waals surface area contributed by atoms with Crippen LogP contribution in [0.3, 0.4) is 0 Å². The lowest BCUT2D eigenvalue weighted by atomic mass is 10.0. The van der Waals surface area contributed by atoms with Crippen molar-refractivity contribution in [1.29, 1.82) is 0 Å². The van der Waals surface area contributed by atoms with Crippen molar-refractivity contribution in [2.45, 2.75) is 24.3 Å². The van der Waals surface area contributed by atoms with Gasteiger partial charge in [0, 0.05) is 29.3 Å². The molecule has 5 nitrogen and oxygen atoms in total. The number of fused-ring (bicyclic) bond motifs is 2. The molecule has 2 aliphatic carbocycles. The lowest BCUT2D eigenvalue weighted by Gasteiger charge is -2.32. The molecule has 1 fully saturated rings. The van der Waals surface area contributed by atoms with Gasteiger partial charge in [-0.3, -0.25) is 4.79 Å². The zero-order valence-corrected chi connectivity index (χ0v) is 18.4. The molecule has 150 valence electrons. The number of hydrogen-bond acceptors (Lipinski definition) is 4. The second-order valence-electron chi connectivity index (χ2n) is 7.00. The molecule has 0 atom stereocenters. The van der Waals surface area contributed by atoms with E-state index in [-0.39, 0.29) is 17.3 Å². The first-order valence-corrected chi connectivity index (χ1v) is 10.5. The Kier molecular flexibility index (Phi) is 6.86. The Morgan fingerprint density at radius 1 is 1.25 bits per heavy atom. The van der Waals surface area contributed by atoms with Crippen LogP contribution in [0.25, 0.3) is 0 Å². The maximum atomic E-state index is 12.7. The summed E-state index contributed by atoms with van der Waals surface area (Å²) < 4.78 is 5.99. The van der Waals surface area contributed by atoms with Crippen molar-refractivity contribution in [3.8, 4) is 5.75 Å². The number of anilines is 1.